The molecule has 2 atom stereocenters. The van der Waals surface area contributed by atoms with Crippen molar-refractivity contribution in [2.75, 3.05) is 13.2 Å². The van der Waals surface area contributed by atoms with Crippen molar-refractivity contribution in [3.05, 3.63) is 0 Å². The van der Waals surface area contributed by atoms with Gasteiger partial charge >= 0.3 is 5.97 Å². The molecule has 0 aromatic carbocycles. The van der Waals surface area contributed by atoms with Gasteiger partial charge in [0.2, 0.25) is 0 Å². The fourth-order valence-electron chi connectivity index (χ4n) is 2.76. The molecule has 1 aliphatic rings. The quantitative estimate of drug-likeness (QED) is 0.633. The van der Waals surface area contributed by atoms with Crippen LogP contribution in [0.25, 0.3) is 0 Å². The Balaban J connectivity index is 2.46. The molecule has 1 fully saturated rings. The maximum atomic E-state index is 11.6. The molecule has 0 amide bonds. The lowest BCUT2D eigenvalue weighted by Crippen LogP contribution is -2.56. The molecule has 4 heteroatoms. The maximum absolute atomic E-state index is 11.6. The van der Waals surface area contributed by atoms with E-state index in [1.165, 1.54) is 12.8 Å². The lowest BCUT2D eigenvalue weighted by atomic mass is 9.80. The van der Waals surface area contributed by atoms with E-state index in [1.807, 2.05) is 0 Å². The van der Waals surface area contributed by atoms with E-state index in [0.717, 1.165) is 45.3 Å². The number of hydrogen-bond acceptors (Lipinski definition) is 3. The molecule has 0 saturated heterocycles. The van der Waals surface area contributed by atoms with E-state index >= 15 is 0 Å². The van der Waals surface area contributed by atoms with Crippen LogP contribution in [0.15, 0.2) is 0 Å². The molecule has 0 aromatic rings. The van der Waals surface area contributed by atoms with Gasteiger partial charge in [0.25, 0.3) is 0 Å². The van der Waals surface area contributed by atoms with Gasteiger partial charge in [0, 0.05) is 13.0 Å². The van der Waals surface area contributed by atoms with Crippen LogP contribution in [0.5, 0.6) is 0 Å². The van der Waals surface area contributed by atoms with Crippen LogP contribution in [0.1, 0.15) is 65.2 Å². The van der Waals surface area contributed by atoms with Gasteiger partial charge in [-0.05, 0) is 38.6 Å². The van der Waals surface area contributed by atoms with E-state index in [2.05, 4.69) is 19.2 Å². The van der Waals surface area contributed by atoms with Crippen LogP contribution in [0, 0.1) is 0 Å². The summed E-state index contributed by atoms with van der Waals surface area (Å²) in [6.45, 7) is 5.76. The fraction of sp³-hybridized carbons (Fsp3) is 0.933. The molecule has 0 aliphatic heterocycles. The lowest BCUT2D eigenvalue weighted by Gasteiger charge is -2.38. The van der Waals surface area contributed by atoms with Gasteiger partial charge < -0.3 is 15.2 Å². The van der Waals surface area contributed by atoms with Crippen LogP contribution in [-0.4, -0.2) is 35.9 Å². The highest BCUT2D eigenvalue weighted by Crippen LogP contribution is 2.30. The Morgan fingerprint density at radius 1 is 1.37 bits per heavy atom. The van der Waals surface area contributed by atoms with E-state index in [1.54, 1.807) is 0 Å². The average Bonchev–Trinajstić information content (AvgIpc) is 2.41. The zero-order chi connectivity index (χ0) is 14.1. The van der Waals surface area contributed by atoms with Crippen LogP contribution in [-0.2, 0) is 9.53 Å². The molecule has 4 nitrogen and oxygen atoms in total. The molecule has 0 radical (unpaired) electrons. The van der Waals surface area contributed by atoms with Crippen LogP contribution < -0.4 is 5.32 Å². The third-order valence-corrected chi connectivity index (χ3v) is 3.93. The van der Waals surface area contributed by atoms with E-state index in [9.17, 15) is 9.90 Å². The number of aliphatic carboxylic acids is 1. The van der Waals surface area contributed by atoms with Gasteiger partial charge in [-0.15, -0.1) is 0 Å². The summed E-state index contributed by atoms with van der Waals surface area (Å²) in [6.07, 6.45) is 7.76. The summed E-state index contributed by atoms with van der Waals surface area (Å²) >= 11 is 0. The first-order chi connectivity index (χ1) is 9.14. The summed E-state index contributed by atoms with van der Waals surface area (Å²) in [7, 11) is 0. The maximum Gasteiger partial charge on any atom is 0.323 e. The number of unbranched alkanes of at least 4 members (excludes halogenated alkanes) is 2. The molecule has 0 spiro atoms. The molecular formula is C15H29NO3. The zero-order valence-corrected chi connectivity index (χ0v) is 12.4. The Hall–Kier alpha value is -0.610. The minimum absolute atomic E-state index is 0.103. The number of carboxylic acid groups (broad SMARTS) is 1. The monoisotopic (exact) mass is 271 g/mol. The van der Waals surface area contributed by atoms with Crippen LogP contribution in [0.3, 0.4) is 0 Å². The standard InChI is InChI=1S/C15H29NO3/c1-3-5-6-11-19-13-8-7-9-15(12-13,14(17)18)16-10-4-2/h13,16H,3-12H2,1-2H3,(H,17,18). The molecule has 1 saturated carbocycles. The first-order valence-electron chi connectivity index (χ1n) is 7.74. The molecule has 112 valence electrons. The first-order valence-corrected chi connectivity index (χ1v) is 7.74. The van der Waals surface area contributed by atoms with Crippen LogP contribution in [0.2, 0.25) is 0 Å². The topological polar surface area (TPSA) is 58.6 Å². The number of nitrogens with one attached hydrogen (secondary N) is 1. The second kappa shape index (κ2) is 8.54. The van der Waals surface area contributed by atoms with Crippen molar-refractivity contribution in [1.82, 2.24) is 5.32 Å². The van der Waals surface area contributed by atoms with Crippen molar-refractivity contribution in [3.8, 4) is 0 Å². The van der Waals surface area contributed by atoms with Gasteiger partial charge in [-0.1, -0.05) is 26.7 Å². The van der Waals surface area contributed by atoms with Gasteiger partial charge in [-0.25, -0.2) is 0 Å². The number of ether oxygens (including phenoxy) is 1. The minimum Gasteiger partial charge on any atom is -0.480 e. The largest absolute Gasteiger partial charge is 0.480 e. The van der Waals surface area contributed by atoms with Gasteiger partial charge in [-0.3, -0.25) is 4.79 Å². The van der Waals surface area contributed by atoms with Crippen molar-refractivity contribution >= 4 is 5.97 Å². The number of carbonyl (C=O) groups is 1. The van der Waals surface area contributed by atoms with Gasteiger partial charge in [0.05, 0.1) is 6.10 Å². The summed E-state index contributed by atoms with van der Waals surface area (Å²) < 4.78 is 5.87. The SMILES string of the molecule is CCCCCOC1CCCC(NCCC)(C(=O)O)C1. The third-order valence-electron chi connectivity index (χ3n) is 3.93. The van der Waals surface area contributed by atoms with E-state index in [-0.39, 0.29) is 6.10 Å². The highest BCUT2D eigenvalue weighted by Gasteiger charge is 2.42. The number of rotatable bonds is 9. The van der Waals surface area contributed by atoms with Gasteiger partial charge in [-0.2, -0.15) is 0 Å². The Morgan fingerprint density at radius 3 is 2.79 bits per heavy atom. The van der Waals surface area contributed by atoms with Gasteiger partial charge in [0.15, 0.2) is 0 Å². The Morgan fingerprint density at radius 2 is 2.16 bits per heavy atom. The lowest BCUT2D eigenvalue weighted by molar-refractivity contribution is -0.149. The predicted octanol–water partition coefficient (Wildman–Crippen LogP) is 2.96. The van der Waals surface area contributed by atoms with Crippen molar-refractivity contribution in [3.63, 3.8) is 0 Å². The average molecular weight is 271 g/mol. The van der Waals surface area contributed by atoms with Crippen LogP contribution >= 0.6 is 0 Å². The second-order valence-electron chi connectivity index (χ2n) is 5.61. The molecule has 2 unspecified atom stereocenters. The fourth-order valence-corrected chi connectivity index (χ4v) is 2.76. The Labute approximate surface area is 116 Å². The number of carboxylic acids is 1. The molecule has 2 N–H and O–H groups in total. The highest BCUT2D eigenvalue weighted by atomic mass is 16.5. The molecule has 1 aliphatic carbocycles. The predicted molar refractivity (Wildman–Crippen MR) is 76.4 cm³/mol. The summed E-state index contributed by atoms with van der Waals surface area (Å²) in [6, 6.07) is 0. The first kappa shape index (κ1) is 16.4. The minimum atomic E-state index is -0.760. The second-order valence-corrected chi connectivity index (χ2v) is 5.61. The summed E-state index contributed by atoms with van der Waals surface area (Å²) in [5, 5.41) is 12.8. The normalized spacial score (nSPS) is 27.4. The number of hydrogen-bond donors (Lipinski definition) is 2. The van der Waals surface area contributed by atoms with Crippen molar-refractivity contribution in [2.45, 2.75) is 76.9 Å². The molecule has 0 bridgehead atoms. The molecule has 0 aromatic heterocycles. The molecular weight excluding hydrogens is 242 g/mol. The van der Waals surface area contributed by atoms with Crippen molar-refractivity contribution in [1.29, 1.82) is 0 Å². The van der Waals surface area contributed by atoms with E-state index < -0.39 is 11.5 Å². The third kappa shape index (κ3) is 5.11. The Bertz CT molecular complexity index is 270. The van der Waals surface area contributed by atoms with Crippen molar-refractivity contribution < 1.29 is 14.6 Å². The summed E-state index contributed by atoms with van der Waals surface area (Å²) in [4.78, 5) is 11.6. The smallest absolute Gasteiger partial charge is 0.323 e. The van der Waals surface area contributed by atoms with Gasteiger partial charge in [0.1, 0.15) is 5.54 Å². The zero-order valence-electron chi connectivity index (χ0n) is 12.4. The highest BCUT2D eigenvalue weighted by molar-refractivity contribution is 5.79. The molecule has 19 heavy (non-hydrogen) atoms. The summed E-state index contributed by atoms with van der Waals surface area (Å²) in [5.74, 6) is -0.720. The van der Waals surface area contributed by atoms with E-state index in [4.69, 9.17) is 4.74 Å². The molecule has 0 heterocycles. The summed E-state index contributed by atoms with van der Waals surface area (Å²) in [5.41, 5.74) is -0.760. The van der Waals surface area contributed by atoms with Crippen LogP contribution in [0.4, 0.5) is 0 Å². The molecule has 1 rings (SSSR count). The van der Waals surface area contributed by atoms with Crippen molar-refractivity contribution in [2.24, 2.45) is 0 Å². The van der Waals surface area contributed by atoms with E-state index in [0.29, 0.717) is 6.42 Å². The Kier molecular flexibility index (Phi) is 7.39.